The van der Waals surface area contributed by atoms with Gasteiger partial charge in [0, 0.05) is 32.3 Å². The molecule has 2 aromatic heterocycles. The molecule has 0 bridgehead atoms. The van der Waals surface area contributed by atoms with Crippen molar-refractivity contribution in [2.45, 2.75) is 24.3 Å². The van der Waals surface area contributed by atoms with Crippen molar-refractivity contribution < 1.29 is 12.9 Å². The summed E-state index contributed by atoms with van der Waals surface area (Å²) >= 11 is 0. The number of rotatable bonds is 3. The van der Waals surface area contributed by atoms with Crippen LogP contribution in [0.15, 0.2) is 22.1 Å². The topological polar surface area (TPSA) is 94.1 Å². The van der Waals surface area contributed by atoms with Gasteiger partial charge >= 0.3 is 0 Å². The number of sulfonamides is 1. The van der Waals surface area contributed by atoms with Gasteiger partial charge in [-0.15, -0.1) is 0 Å². The van der Waals surface area contributed by atoms with Gasteiger partial charge in [0.1, 0.15) is 5.82 Å². The van der Waals surface area contributed by atoms with Gasteiger partial charge in [0.25, 0.3) is 10.0 Å². The number of hydrogen-bond acceptors (Lipinski definition) is 6. The Bertz CT molecular complexity index is 687. The molecular formula is C11H15N5O3S. The maximum Gasteiger partial charge on any atom is 0.262 e. The normalized spacial score (nSPS) is 20.6. The first kappa shape index (κ1) is 13.3. The standard InChI is InChI=1S/C11H15N5O3S/c1-8-13-10(6-15(8)2)20(17,18)16-4-3-9(5-16)11-12-7-19-14-11/h6-7,9H,3-5H2,1-2H3/t9-/m0/s1. The molecule has 20 heavy (non-hydrogen) atoms. The van der Waals surface area contributed by atoms with Crippen LogP contribution in [0.1, 0.15) is 24.0 Å². The van der Waals surface area contributed by atoms with E-state index in [0.717, 1.165) is 0 Å². The summed E-state index contributed by atoms with van der Waals surface area (Å²) in [6.45, 7) is 2.57. The van der Waals surface area contributed by atoms with Crippen LogP contribution in [0.5, 0.6) is 0 Å². The fourth-order valence-electron chi connectivity index (χ4n) is 2.30. The minimum atomic E-state index is -3.55. The Morgan fingerprint density at radius 2 is 2.25 bits per heavy atom. The molecule has 9 heteroatoms. The maximum atomic E-state index is 12.5. The lowest BCUT2D eigenvalue weighted by atomic mass is 10.1. The lowest BCUT2D eigenvalue weighted by molar-refractivity contribution is 0.403. The van der Waals surface area contributed by atoms with Gasteiger partial charge < -0.3 is 9.09 Å². The van der Waals surface area contributed by atoms with Crippen molar-refractivity contribution in [3.05, 3.63) is 24.2 Å². The number of aromatic nitrogens is 4. The van der Waals surface area contributed by atoms with Gasteiger partial charge in [0.15, 0.2) is 10.9 Å². The van der Waals surface area contributed by atoms with Crippen LogP contribution in [0.3, 0.4) is 0 Å². The molecule has 1 fully saturated rings. The number of nitrogens with zero attached hydrogens (tertiary/aromatic N) is 5. The number of aryl methyl sites for hydroxylation is 2. The van der Waals surface area contributed by atoms with E-state index in [1.165, 1.54) is 16.9 Å². The molecule has 1 saturated heterocycles. The van der Waals surface area contributed by atoms with Crippen LogP contribution < -0.4 is 0 Å². The fraction of sp³-hybridized carbons (Fsp3) is 0.545. The van der Waals surface area contributed by atoms with Gasteiger partial charge in [0.2, 0.25) is 6.39 Å². The van der Waals surface area contributed by atoms with Gasteiger partial charge in [-0.3, -0.25) is 0 Å². The Kier molecular flexibility index (Phi) is 3.09. The molecule has 0 saturated carbocycles. The third-order valence-electron chi connectivity index (χ3n) is 3.59. The fourth-order valence-corrected chi connectivity index (χ4v) is 3.82. The Labute approximate surface area is 116 Å². The van der Waals surface area contributed by atoms with Crippen molar-refractivity contribution in [3.63, 3.8) is 0 Å². The average Bonchev–Trinajstić information content (AvgIpc) is 3.10. The van der Waals surface area contributed by atoms with Crippen molar-refractivity contribution >= 4 is 10.0 Å². The zero-order valence-electron chi connectivity index (χ0n) is 11.2. The molecule has 2 aromatic rings. The van der Waals surface area contributed by atoms with Crippen LogP contribution in [0.2, 0.25) is 0 Å². The smallest absolute Gasteiger partial charge is 0.262 e. The predicted molar refractivity (Wildman–Crippen MR) is 68.4 cm³/mol. The molecule has 0 amide bonds. The lowest BCUT2D eigenvalue weighted by Crippen LogP contribution is -2.29. The third kappa shape index (κ3) is 2.12. The summed E-state index contributed by atoms with van der Waals surface area (Å²) in [7, 11) is -1.78. The van der Waals surface area contributed by atoms with Crippen LogP contribution in [-0.4, -0.2) is 45.5 Å². The van der Waals surface area contributed by atoms with E-state index in [-0.39, 0.29) is 10.9 Å². The van der Waals surface area contributed by atoms with Crippen LogP contribution in [0, 0.1) is 6.92 Å². The summed E-state index contributed by atoms with van der Waals surface area (Å²) in [6.07, 6.45) is 3.48. The van der Waals surface area contributed by atoms with E-state index in [9.17, 15) is 8.42 Å². The summed E-state index contributed by atoms with van der Waals surface area (Å²) in [4.78, 5) is 8.08. The van der Waals surface area contributed by atoms with Crippen molar-refractivity contribution in [3.8, 4) is 0 Å². The molecule has 0 radical (unpaired) electrons. The highest BCUT2D eigenvalue weighted by atomic mass is 32.2. The van der Waals surface area contributed by atoms with E-state index < -0.39 is 10.0 Å². The van der Waals surface area contributed by atoms with Gasteiger partial charge in [0.05, 0.1) is 0 Å². The summed E-state index contributed by atoms with van der Waals surface area (Å²) in [5, 5.41) is 3.87. The van der Waals surface area contributed by atoms with Crippen LogP contribution in [0.25, 0.3) is 0 Å². The van der Waals surface area contributed by atoms with E-state index in [1.54, 1.807) is 18.5 Å². The molecule has 0 aromatic carbocycles. The molecule has 1 aliphatic rings. The average molecular weight is 297 g/mol. The Balaban J connectivity index is 1.83. The summed E-state index contributed by atoms with van der Waals surface area (Å²) in [5.74, 6) is 1.20. The van der Waals surface area contributed by atoms with Gasteiger partial charge in [-0.25, -0.2) is 13.4 Å². The maximum absolute atomic E-state index is 12.5. The van der Waals surface area contributed by atoms with Crippen molar-refractivity contribution in [1.82, 2.24) is 24.0 Å². The van der Waals surface area contributed by atoms with Crippen molar-refractivity contribution in [2.75, 3.05) is 13.1 Å². The van der Waals surface area contributed by atoms with E-state index >= 15 is 0 Å². The highest BCUT2D eigenvalue weighted by Crippen LogP contribution is 2.28. The van der Waals surface area contributed by atoms with Gasteiger partial charge in [-0.2, -0.15) is 9.29 Å². The molecule has 0 unspecified atom stereocenters. The Hall–Kier alpha value is -1.74. The van der Waals surface area contributed by atoms with Gasteiger partial charge in [-0.1, -0.05) is 5.16 Å². The third-order valence-corrected chi connectivity index (χ3v) is 5.32. The van der Waals surface area contributed by atoms with E-state index in [4.69, 9.17) is 4.52 Å². The van der Waals surface area contributed by atoms with Crippen LogP contribution >= 0.6 is 0 Å². The second kappa shape index (κ2) is 4.67. The van der Waals surface area contributed by atoms with E-state index in [2.05, 4.69) is 15.1 Å². The second-order valence-electron chi connectivity index (χ2n) is 4.88. The highest BCUT2D eigenvalue weighted by molar-refractivity contribution is 7.89. The molecule has 0 aliphatic carbocycles. The molecule has 3 rings (SSSR count). The van der Waals surface area contributed by atoms with Crippen molar-refractivity contribution in [1.29, 1.82) is 0 Å². The number of imidazole rings is 1. The highest BCUT2D eigenvalue weighted by Gasteiger charge is 2.36. The molecule has 0 spiro atoms. The molecule has 0 N–H and O–H groups in total. The second-order valence-corrected chi connectivity index (χ2v) is 6.76. The van der Waals surface area contributed by atoms with Crippen molar-refractivity contribution in [2.24, 2.45) is 7.05 Å². The summed E-state index contributed by atoms with van der Waals surface area (Å²) in [5.41, 5.74) is 0. The molecule has 3 heterocycles. The Morgan fingerprint density at radius 3 is 2.85 bits per heavy atom. The van der Waals surface area contributed by atoms with Crippen LogP contribution in [0.4, 0.5) is 0 Å². The first-order valence-electron chi connectivity index (χ1n) is 6.25. The molecule has 8 nitrogen and oxygen atoms in total. The van der Waals surface area contributed by atoms with E-state index in [0.29, 0.717) is 31.2 Å². The quantitative estimate of drug-likeness (QED) is 0.808. The van der Waals surface area contributed by atoms with Gasteiger partial charge in [-0.05, 0) is 13.3 Å². The minimum absolute atomic E-state index is 0.0201. The first-order valence-corrected chi connectivity index (χ1v) is 7.69. The summed E-state index contributed by atoms with van der Waals surface area (Å²) in [6, 6.07) is 0. The predicted octanol–water partition coefficient (Wildman–Crippen LogP) is 0.290. The molecule has 1 atom stereocenters. The minimum Gasteiger partial charge on any atom is -0.343 e. The molecular weight excluding hydrogens is 282 g/mol. The lowest BCUT2D eigenvalue weighted by Gasteiger charge is -2.13. The zero-order chi connectivity index (χ0) is 14.3. The SMILES string of the molecule is Cc1nc(S(=O)(=O)N2CC[C@H](c3ncon3)C2)cn1C. The van der Waals surface area contributed by atoms with Crippen LogP contribution in [-0.2, 0) is 17.1 Å². The number of hydrogen-bond donors (Lipinski definition) is 0. The van der Waals surface area contributed by atoms with E-state index in [1.807, 2.05) is 0 Å². The Morgan fingerprint density at radius 1 is 1.45 bits per heavy atom. The first-order chi connectivity index (χ1) is 9.48. The largest absolute Gasteiger partial charge is 0.343 e. The monoisotopic (exact) mass is 297 g/mol. The molecule has 1 aliphatic heterocycles. The summed E-state index contributed by atoms with van der Waals surface area (Å²) < 4.78 is 32.8. The zero-order valence-corrected chi connectivity index (χ0v) is 12.0. The molecule has 108 valence electrons.